The van der Waals surface area contributed by atoms with E-state index >= 15 is 0 Å². The lowest BCUT2D eigenvalue weighted by atomic mass is 9.98. The van der Waals surface area contributed by atoms with E-state index in [0.29, 0.717) is 0 Å². The number of hydrogen-bond acceptors (Lipinski definition) is 2. The molecule has 130 valence electrons. The quantitative estimate of drug-likeness (QED) is 0.405. The molecule has 0 unspecified atom stereocenters. The van der Waals surface area contributed by atoms with Crippen LogP contribution in [-0.4, -0.2) is 11.7 Å². The van der Waals surface area contributed by atoms with E-state index in [0.717, 1.165) is 35.1 Å². The van der Waals surface area contributed by atoms with Gasteiger partial charge in [-0.15, -0.1) is 0 Å². The van der Waals surface area contributed by atoms with Gasteiger partial charge in [0.2, 0.25) is 0 Å². The number of aryl methyl sites for hydroxylation is 2. The van der Waals surface area contributed by atoms with Gasteiger partial charge in [-0.25, -0.2) is 0 Å². The summed E-state index contributed by atoms with van der Waals surface area (Å²) in [6, 6.07) is 24.0. The zero-order valence-corrected chi connectivity index (χ0v) is 14.5. The molecule has 0 atom stereocenters. The minimum Gasteiger partial charge on any atom is -0.384 e. The molecular formula is C22H22N4. The average molecular weight is 342 g/mol. The van der Waals surface area contributed by atoms with Gasteiger partial charge in [-0.05, 0) is 41.2 Å². The molecule has 0 saturated heterocycles. The van der Waals surface area contributed by atoms with Gasteiger partial charge in [0.15, 0.2) is 0 Å². The highest BCUT2D eigenvalue weighted by atomic mass is 14.7. The molecule has 26 heavy (non-hydrogen) atoms. The summed E-state index contributed by atoms with van der Waals surface area (Å²) in [5.41, 5.74) is 17.2. The van der Waals surface area contributed by atoms with Gasteiger partial charge in [0.1, 0.15) is 11.7 Å². The van der Waals surface area contributed by atoms with Crippen LogP contribution in [0.3, 0.4) is 0 Å². The predicted molar refractivity (Wildman–Crippen MR) is 108 cm³/mol. The lowest BCUT2D eigenvalue weighted by molar-refractivity contribution is 0.960. The summed E-state index contributed by atoms with van der Waals surface area (Å²) in [5.74, 6) is 0.175. The van der Waals surface area contributed by atoms with Gasteiger partial charge in [0, 0.05) is 11.1 Å². The molecular weight excluding hydrogens is 320 g/mol. The van der Waals surface area contributed by atoms with E-state index in [4.69, 9.17) is 22.3 Å². The highest BCUT2D eigenvalue weighted by molar-refractivity contribution is 5.96. The Balaban J connectivity index is 1.74. The molecule has 4 heteroatoms. The van der Waals surface area contributed by atoms with E-state index in [9.17, 15) is 0 Å². The molecule has 4 nitrogen and oxygen atoms in total. The third-order valence-electron chi connectivity index (χ3n) is 4.40. The van der Waals surface area contributed by atoms with Crippen molar-refractivity contribution in [2.45, 2.75) is 12.8 Å². The number of benzene rings is 3. The standard InChI is InChI=1S/C22H22N4/c23-21(24)17-11-9-15(10-12-17)7-8-16-3-1-4-18(13-16)19-5-2-6-20(14-19)22(25)26/h1-6,9-14H,7-8H2,(H3,23,24)(H3,25,26). The minimum absolute atomic E-state index is 0.0806. The Bertz CT molecular complexity index is 942. The maximum atomic E-state index is 7.60. The highest BCUT2D eigenvalue weighted by Crippen LogP contribution is 2.22. The van der Waals surface area contributed by atoms with Crippen LogP contribution in [0, 0.1) is 10.8 Å². The zero-order valence-electron chi connectivity index (χ0n) is 14.5. The van der Waals surface area contributed by atoms with Crippen molar-refractivity contribution in [1.82, 2.24) is 0 Å². The Labute approximate surface area is 153 Å². The minimum atomic E-state index is 0.0806. The lowest BCUT2D eigenvalue weighted by Crippen LogP contribution is -2.10. The summed E-state index contributed by atoms with van der Waals surface area (Å²) >= 11 is 0. The Hall–Kier alpha value is -3.40. The molecule has 0 aliphatic carbocycles. The molecule has 0 spiro atoms. The van der Waals surface area contributed by atoms with Gasteiger partial charge in [0.05, 0.1) is 0 Å². The van der Waals surface area contributed by atoms with Crippen molar-refractivity contribution in [3.8, 4) is 11.1 Å². The second-order valence-corrected chi connectivity index (χ2v) is 6.31. The van der Waals surface area contributed by atoms with E-state index in [1.807, 2.05) is 48.5 Å². The summed E-state index contributed by atoms with van der Waals surface area (Å²) in [6.45, 7) is 0. The Morgan fingerprint density at radius 2 is 1.19 bits per heavy atom. The summed E-state index contributed by atoms with van der Waals surface area (Å²) in [6.07, 6.45) is 1.86. The van der Waals surface area contributed by atoms with Crippen molar-refractivity contribution in [1.29, 1.82) is 10.8 Å². The van der Waals surface area contributed by atoms with Crippen LogP contribution >= 0.6 is 0 Å². The van der Waals surface area contributed by atoms with Crippen molar-refractivity contribution in [2.24, 2.45) is 11.5 Å². The molecule has 3 rings (SSSR count). The fourth-order valence-electron chi connectivity index (χ4n) is 2.91. The van der Waals surface area contributed by atoms with Crippen molar-refractivity contribution in [3.05, 3.63) is 95.1 Å². The largest absolute Gasteiger partial charge is 0.384 e. The van der Waals surface area contributed by atoms with Gasteiger partial charge in [-0.2, -0.15) is 0 Å². The van der Waals surface area contributed by atoms with Crippen LogP contribution in [0.1, 0.15) is 22.3 Å². The summed E-state index contributed by atoms with van der Waals surface area (Å²) in [5, 5.41) is 15.0. The van der Waals surface area contributed by atoms with Crippen LogP contribution in [-0.2, 0) is 12.8 Å². The highest BCUT2D eigenvalue weighted by Gasteiger charge is 2.04. The molecule has 0 fully saturated rings. The number of hydrogen-bond donors (Lipinski definition) is 4. The first-order chi connectivity index (χ1) is 12.5. The summed E-state index contributed by atoms with van der Waals surface area (Å²) in [4.78, 5) is 0. The Morgan fingerprint density at radius 1 is 0.615 bits per heavy atom. The van der Waals surface area contributed by atoms with Crippen molar-refractivity contribution in [2.75, 3.05) is 0 Å². The molecule has 0 aliphatic heterocycles. The van der Waals surface area contributed by atoms with Crippen LogP contribution < -0.4 is 11.5 Å². The number of rotatable bonds is 6. The monoisotopic (exact) mass is 342 g/mol. The molecule has 3 aromatic rings. The fourth-order valence-corrected chi connectivity index (χ4v) is 2.91. The normalized spacial score (nSPS) is 10.5. The average Bonchev–Trinajstić information content (AvgIpc) is 2.67. The zero-order chi connectivity index (χ0) is 18.5. The molecule has 0 radical (unpaired) electrons. The number of nitrogens with two attached hydrogens (primary N) is 2. The molecule has 6 N–H and O–H groups in total. The van der Waals surface area contributed by atoms with Crippen LogP contribution in [0.15, 0.2) is 72.8 Å². The second-order valence-electron chi connectivity index (χ2n) is 6.31. The Kier molecular flexibility index (Phi) is 5.13. The number of nitrogen functional groups attached to an aromatic ring is 2. The van der Waals surface area contributed by atoms with Gasteiger partial charge in [-0.3, -0.25) is 10.8 Å². The first kappa shape index (κ1) is 17.4. The SMILES string of the molecule is N=C(N)c1ccc(CCc2cccc(-c3cccc(C(=N)N)c3)c2)cc1. The predicted octanol–water partition coefficient (Wildman–Crippen LogP) is 3.71. The molecule has 0 heterocycles. The topological polar surface area (TPSA) is 99.7 Å². The van der Waals surface area contributed by atoms with Crippen LogP contribution in [0.5, 0.6) is 0 Å². The maximum Gasteiger partial charge on any atom is 0.122 e. The first-order valence-corrected chi connectivity index (χ1v) is 8.50. The van der Waals surface area contributed by atoms with E-state index in [1.54, 1.807) is 0 Å². The van der Waals surface area contributed by atoms with Gasteiger partial charge >= 0.3 is 0 Å². The van der Waals surface area contributed by atoms with E-state index in [2.05, 4.69) is 24.3 Å². The second kappa shape index (κ2) is 7.66. The molecule has 0 aromatic heterocycles. The van der Waals surface area contributed by atoms with Crippen LogP contribution in [0.25, 0.3) is 11.1 Å². The fraction of sp³-hybridized carbons (Fsp3) is 0.0909. The third-order valence-corrected chi connectivity index (χ3v) is 4.40. The summed E-state index contributed by atoms with van der Waals surface area (Å²) < 4.78 is 0. The molecule has 0 aliphatic rings. The van der Waals surface area contributed by atoms with Crippen LogP contribution in [0.2, 0.25) is 0 Å². The molecule has 0 bridgehead atoms. The molecule has 0 amide bonds. The molecule has 3 aromatic carbocycles. The van der Waals surface area contributed by atoms with Gasteiger partial charge < -0.3 is 11.5 Å². The summed E-state index contributed by atoms with van der Waals surface area (Å²) in [7, 11) is 0. The van der Waals surface area contributed by atoms with E-state index < -0.39 is 0 Å². The number of amidine groups is 2. The number of nitrogens with one attached hydrogen (secondary N) is 2. The van der Waals surface area contributed by atoms with E-state index in [-0.39, 0.29) is 11.7 Å². The van der Waals surface area contributed by atoms with E-state index in [1.165, 1.54) is 11.1 Å². The first-order valence-electron chi connectivity index (χ1n) is 8.50. The van der Waals surface area contributed by atoms with Crippen LogP contribution in [0.4, 0.5) is 0 Å². The van der Waals surface area contributed by atoms with Gasteiger partial charge in [-0.1, -0.05) is 66.7 Å². The molecule has 0 saturated carbocycles. The smallest absolute Gasteiger partial charge is 0.122 e. The van der Waals surface area contributed by atoms with Crippen molar-refractivity contribution >= 4 is 11.7 Å². The van der Waals surface area contributed by atoms with Gasteiger partial charge in [0.25, 0.3) is 0 Å². The van der Waals surface area contributed by atoms with Crippen molar-refractivity contribution < 1.29 is 0 Å². The third kappa shape index (κ3) is 4.16. The lowest BCUT2D eigenvalue weighted by Gasteiger charge is -2.08. The Morgan fingerprint density at radius 3 is 1.85 bits per heavy atom. The van der Waals surface area contributed by atoms with Crippen molar-refractivity contribution in [3.63, 3.8) is 0 Å². The maximum absolute atomic E-state index is 7.60.